The van der Waals surface area contributed by atoms with Crippen molar-refractivity contribution in [2.45, 2.75) is 26.7 Å². The second-order valence-corrected chi connectivity index (χ2v) is 4.64. The van der Waals surface area contributed by atoms with Crippen molar-refractivity contribution in [3.05, 3.63) is 6.07 Å². The summed E-state index contributed by atoms with van der Waals surface area (Å²) in [7, 11) is 0. The molecular weight excluding hydrogens is 210 g/mol. The summed E-state index contributed by atoms with van der Waals surface area (Å²) in [5, 5.41) is 13.6. The maximum Gasteiger partial charge on any atom is 0.139 e. The lowest BCUT2D eigenvalue weighted by Gasteiger charge is -2.29. The number of anilines is 2. The number of hydrogen-bond donors (Lipinski definition) is 3. The van der Waals surface area contributed by atoms with E-state index in [1.54, 1.807) is 0 Å². The van der Waals surface area contributed by atoms with Crippen LogP contribution in [0.5, 0.6) is 0 Å². The van der Waals surface area contributed by atoms with Gasteiger partial charge in [0.1, 0.15) is 10.8 Å². The molecule has 0 fully saturated rings. The third kappa shape index (κ3) is 3.07. The third-order valence-electron chi connectivity index (χ3n) is 3.00. The standard InChI is InChI=1S/C10H19N3OS/c1-3-10(4-2,7-14)6-12-9-5-8(11)13-15-9/h5,12,14H,3-4,6-7H2,1-2H3,(H2,11,13). The molecule has 0 atom stereocenters. The predicted molar refractivity (Wildman–Crippen MR) is 65.1 cm³/mol. The van der Waals surface area contributed by atoms with Crippen molar-refractivity contribution in [3.8, 4) is 0 Å². The Morgan fingerprint density at radius 1 is 1.53 bits per heavy atom. The highest BCUT2D eigenvalue weighted by Gasteiger charge is 2.24. The van der Waals surface area contributed by atoms with Crippen molar-refractivity contribution >= 4 is 22.4 Å². The Balaban J connectivity index is 2.54. The first-order chi connectivity index (χ1) is 7.15. The normalized spacial score (nSPS) is 11.7. The Bertz CT molecular complexity index is 288. The van der Waals surface area contributed by atoms with E-state index in [1.165, 1.54) is 11.5 Å². The van der Waals surface area contributed by atoms with Crippen LogP contribution in [0.2, 0.25) is 0 Å². The minimum atomic E-state index is -0.0290. The van der Waals surface area contributed by atoms with Gasteiger partial charge >= 0.3 is 0 Å². The molecule has 4 N–H and O–H groups in total. The fourth-order valence-corrected chi connectivity index (χ4v) is 1.99. The van der Waals surface area contributed by atoms with Crippen LogP contribution < -0.4 is 11.1 Å². The zero-order chi connectivity index (χ0) is 11.3. The summed E-state index contributed by atoms with van der Waals surface area (Å²) in [6, 6.07) is 1.82. The van der Waals surface area contributed by atoms with Gasteiger partial charge in [-0.1, -0.05) is 13.8 Å². The van der Waals surface area contributed by atoms with Gasteiger partial charge in [-0.25, -0.2) is 0 Å². The summed E-state index contributed by atoms with van der Waals surface area (Å²) in [6.07, 6.45) is 1.92. The molecule has 0 aliphatic carbocycles. The third-order valence-corrected chi connectivity index (χ3v) is 3.76. The highest BCUT2D eigenvalue weighted by Crippen LogP contribution is 2.27. The van der Waals surface area contributed by atoms with Crippen LogP contribution in [0, 0.1) is 5.41 Å². The van der Waals surface area contributed by atoms with Gasteiger partial charge in [-0.05, 0) is 24.4 Å². The van der Waals surface area contributed by atoms with Crippen LogP contribution in [0.1, 0.15) is 26.7 Å². The molecule has 0 spiro atoms. The van der Waals surface area contributed by atoms with Crippen molar-refractivity contribution in [2.24, 2.45) is 5.41 Å². The van der Waals surface area contributed by atoms with Crippen LogP contribution >= 0.6 is 11.5 Å². The van der Waals surface area contributed by atoms with E-state index >= 15 is 0 Å². The van der Waals surface area contributed by atoms with Crippen LogP contribution in [-0.4, -0.2) is 22.6 Å². The molecule has 5 heteroatoms. The van der Waals surface area contributed by atoms with E-state index in [2.05, 4.69) is 23.5 Å². The highest BCUT2D eigenvalue weighted by atomic mass is 32.1. The molecule has 0 amide bonds. The Kier molecular flexibility index (Phi) is 4.35. The number of nitrogen functional groups attached to an aromatic ring is 1. The first-order valence-corrected chi connectivity index (χ1v) is 6.00. The van der Waals surface area contributed by atoms with Gasteiger partial charge in [-0.2, -0.15) is 4.37 Å². The van der Waals surface area contributed by atoms with Crippen LogP contribution in [0.3, 0.4) is 0 Å². The van der Waals surface area contributed by atoms with Gasteiger partial charge in [0.25, 0.3) is 0 Å². The second-order valence-electron chi connectivity index (χ2n) is 3.83. The Morgan fingerprint density at radius 2 is 2.20 bits per heavy atom. The summed E-state index contributed by atoms with van der Waals surface area (Å²) in [4.78, 5) is 0. The average Bonchev–Trinajstić information content (AvgIpc) is 2.67. The van der Waals surface area contributed by atoms with E-state index in [1.807, 2.05) is 6.07 Å². The smallest absolute Gasteiger partial charge is 0.139 e. The molecule has 1 aromatic rings. The van der Waals surface area contributed by atoms with E-state index in [-0.39, 0.29) is 12.0 Å². The number of nitrogens with zero attached hydrogens (tertiary/aromatic N) is 1. The maximum absolute atomic E-state index is 9.38. The molecule has 86 valence electrons. The van der Waals surface area contributed by atoms with Crippen molar-refractivity contribution in [3.63, 3.8) is 0 Å². The Morgan fingerprint density at radius 3 is 2.60 bits per heavy atom. The lowest BCUT2D eigenvalue weighted by Crippen LogP contribution is -2.32. The molecule has 1 heterocycles. The van der Waals surface area contributed by atoms with Crippen molar-refractivity contribution in [1.29, 1.82) is 0 Å². The van der Waals surface area contributed by atoms with E-state index < -0.39 is 0 Å². The zero-order valence-electron chi connectivity index (χ0n) is 9.29. The second kappa shape index (κ2) is 5.32. The van der Waals surface area contributed by atoms with Crippen LogP contribution in [0.25, 0.3) is 0 Å². The minimum absolute atomic E-state index is 0.0290. The lowest BCUT2D eigenvalue weighted by atomic mass is 9.83. The lowest BCUT2D eigenvalue weighted by molar-refractivity contribution is 0.127. The number of aliphatic hydroxyl groups excluding tert-OH is 1. The van der Waals surface area contributed by atoms with E-state index in [0.717, 1.165) is 24.4 Å². The van der Waals surface area contributed by atoms with Gasteiger partial charge in [-0.15, -0.1) is 0 Å². The SMILES string of the molecule is CCC(CC)(CO)CNc1cc(N)ns1. The molecular formula is C10H19N3OS. The predicted octanol–water partition coefficient (Wildman–Crippen LogP) is 1.94. The van der Waals surface area contributed by atoms with E-state index in [4.69, 9.17) is 5.73 Å². The number of nitrogens with one attached hydrogen (secondary N) is 1. The molecule has 1 rings (SSSR count). The minimum Gasteiger partial charge on any atom is -0.396 e. The van der Waals surface area contributed by atoms with Crippen LogP contribution in [-0.2, 0) is 0 Å². The van der Waals surface area contributed by atoms with Gasteiger partial charge in [0.15, 0.2) is 0 Å². The zero-order valence-corrected chi connectivity index (χ0v) is 10.1. The van der Waals surface area contributed by atoms with Gasteiger partial charge in [-0.3, -0.25) is 0 Å². The number of rotatable bonds is 6. The summed E-state index contributed by atoms with van der Waals surface area (Å²) in [5.41, 5.74) is 5.50. The summed E-state index contributed by atoms with van der Waals surface area (Å²) >= 11 is 1.35. The molecule has 1 aromatic heterocycles. The first-order valence-electron chi connectivity index (χ1n) is 5.22. The van der Waals surface area contributed by atoms with E-state index in [9.17, 15) is 5.11 Å². The van der Waals surface area contributed by atoms with Crippen LogP contribution in [0.15, 0.2) is 6.07 Å². The van der Waals surface area contributed by atoms with Crippen molar-refractivity contribution < 1.29 is 5.11 Å². The Hall–Kier alpha value is -0.810. The summed E-state index contributed by atoms with van der Waals surface area (Å²) < 4.78 is 3.99. The molecule has 0 bridgehead atoms. The first kappa shape index (κ1) is 12.3. The summed E-state index contributed by atoms with van der Waals surface area (Å²) in [6.45, 7) is 5.17. The van der Waals surface area contributed by atoms with Gasteiger partial charge in [0, 0.05) is 18.0 Å². The molecule has 0 radical (unpaired) electrons. The topological polar surface area (TPSA) is 71.2 Å². The number of hydrogen-bond acceptors (Lipinski definition) is 5. The molecule has 15 heavy (non-hydrogen) atoms. The summed E-state index contributed by atoms with van der Waals surface area (Å²) in [5.74, 6) is 0.546. The molecule has 0 unspecified atom stereocenters. The number of aromatic nitrogens is 1. The fourth-order valence-electron chi connectivity index (χ4n) is 1.43. The Labute approximate surface area is 94.7 Å². The maximum atomic E-state index is 9.38. The van der Waals surface area contributed by atoms with Gasteiger partial charge < -0.3 is 16.2 Å². The van der Waals surface area contributed by atoms with E-state index in [0.29, 0.717) is 5.82 Å². The molecule has 4 nitrogen and oxygen atoms in total. The molecule has 0 aliphatic rings. The quantitative estimate of drug-likeness (QED) is 0.697. The largest absolute Gasteiger partial charge is 0.396 e. The van der Waals surface area contributed by atoms with Gasteiger partial charge in [0.2, 0.25) is 0 Å². The van der Waals surface area contributed by atoms with Crippen LogP contribution in [0.4, 0.5) is 10.8 Å². The molecule has 0 aromatic carbocycles. The molecule has 0 saturated carbocycles. The average molecular weight is 229 g/mol. The monoisotopic (exact) mass is 229 g/mol. The molecule has 0 saturated heterocycles. The highest BCUT2D eigenvalue weighted by molar-refractivity contribution is 7.10. The fraction of sp³-hybridized carbons (Fsp3) is 0.700. The van der Waals surface area contributed by atoms with Crippen molar-refractivity contribution in [1.82, 2.24) is 4.37 Å². The number of nitrogens with two attached hydrogens (primary N) is 1. The van der Waals surface area contributed by atoms with Gasteiger partial charge in [0.05, 0.1) is 6.61 Å². The van der Waals surface area contributed by atoms with Crippen molar-refractivity contribution in [2.75, 3.05) is 24.2 Å². The molecule has 0 aliphatic heterocycles. The number of aliphatic hydroxyl groups is 1.